The van der Waals surface area contributed by atoms with Crippen LogP contribution in [-0.4, -0.2) is 28.0 Å². The monoisotopic (exact) mass is 449 g/mol. The van der Waals surface area contributed by atoms with Gasteiger partial charge in [-0.3, -0.25) is 9.59 Å². The molecule has 2 heterocycles. The van der Waals surface area contributed by atoms with Gasteiger partial charge >= 0.3 is 5.97 Å². The van der Waals surface area contributed by atoms with Crippen LogP contribution >= 0.6 is 11.3 Å². The smallest absolute Gasteiger partial charge is 0.311 e. The van der Waals surface area contributed by atoms with Gasteiger partial charge in [0.25, 0.3) is 0 Å². The van der Waals surface area contributed by atoms with Crippen LogP contribution < -0.4 is 10.1 Å². The fraction of sp³-hybridized carbons (Fsp3) is 0.208. The number of rotatable bonds is 9. The lowest BCUT2D eigenvalue weighted by molar-refractivity contribution is -0.142. The van der Waals surface area contributed by atoms with Crippen molar-refractivity contribution in [1.82, 2.24) is 9.55 Å². The molecule has 1 amide bonds. The molecule has 0 aliphatic rings. The summed E-state index contributed by atoms with van der Waals surface area (Å²) in [6.45, 7) is 2.74. The van der Waals surface area contributed by atoms with Crippen LogP contribution in [0.3, 0.4) is 0 Å². The molecule has 2 aromatic carbocycles. The molecule has 0 spiro atoms. The first-order chi connectivity index (χ1) is 15.6. The predicted octanol–water partition coefficient (Wildman–Crippen LogP) is 4.42. The molecule has 0 saturated heterocycles. The summed E-state index contributed by atoms with van der Waals surface area (Å²) in [6.07, 6.45) is 1.97. The SMILES string of the molecule is CCOC(=O)Cc1csc(NC(=O)Cn2ccc3cc(OCc4ccccc4)ccc32)n1. The fourth-order valence-corrected chi connectivity index (χ4v) is 3.99. The summed E-state index contributed by atoms with van der Waals surface area (Å²) < 4.78 is 12.7. The molecule has 2 aromatic heterocycles. The highest BCUT2D eigenvalue weighted by atomic mass is 32.1. The average Bonchev–Trinajstić information content (AvgIpc) is 3.39. The van der Waals surface area contributed by atoms with E-state index >= 15 is 0 Å². The number of carbonyl (C=O) groups excluding carboxylic acids is 2. The Balaban J connectivity index is 1.35. The average molecular weight is 450 g/mol. The van der Waals surface area contributed by atoms with E-state index in [2.05, 4.69) is 10.3 Å². The van der Waals surface area contributed by atoms with Crippen LogP contribution in [0.1, 0.15) is 18.2 Å². The molecule has 4 rings (SSSR count). The Hall–Kier alpha value is -3.65. The third kappa shape index (κ3) is 5.53. The molecule has 0 aliphatic heterocycles. The minimum atomic E-state index is -0.332. The number of carbonyl (C=O) groups is 2. The summed E-state index contributed by atoms with van der Waals surface area (Å²) in [6, 6.07) is 17.8. The molecule has 4 aromatic rings. The molecule has 0 unspecified atom stereocenters. The van der Waals surface area contributed by atoms with Crippen molar-refractivity contribution in [1.29, 1.82) is 0 Å². The summed E-state index contributed by atoms with van der Waals surface area (Å²) in [4.78, 5) is 28.3. The highest BCUT2D eigenvalue weighted by Crippen LogP contribution is 2.23. The number of benzene rings is 2. The molecule has 8 heteroatoms. The van der Waals surface area contributed by atoms with E-state index in [1.807, 2.05) is 65.4 Å². The van der Waals surface area contributed by atoms with Gasteiger partial charge in [-0.05, 0) is 36.8 Å². The maximum Gasteiger partial charge on any atom is 0.311 e. The molecule has 0 fully saturated rings. The van der Waals surface area contributed by atoms with Gasteiger partial charge in [0.1, 0.15) is 18.9 Å². The van der Waals surface area contributed by atoms with Crippen molar-refractivity contribution < 1.29 is 19.1 Å². The van der Waals surface area contributed by atoms with Gasteiger partial charge in [0.15, 0.2) is 5.13 Å². The topological polar surface area (TPSA) is 82.5 Å². The Bertz CT molecular complexity index is 1220. The van der Waals surface area contributed by atoms with Gasteiger partial charge in [-0.1, -0.05) is 30.3 Å². The van der Waals surface area contributed by atoms with Gasteiger partial charge in [-0.15, -0.1) is 11.3 Å². The molecule has 1 N–H and O–H groups in total. The van der Waals surface area contributed by atoms with Crippen LogP contribution in [-0.2, 0) is 33.9 Å². The molecular formula is C24H23N3O4S. The molecule has 0 bridgehead atoms. The first-order valence-electron chi connectivity index (χ1n) is 10.3. The maximum absolute atomic E-state index is 12.5. The summed E-state index contributed by atoms with van der Waals surface area (Å²) in [5.74, 6) is 0.256. The standard InChI is InChI=1S/C24H23N3O4S/c1-2-30-23(29)13-19-16-32-24(25-19)26-22(28)14-27-11-10-18-12-20(8-9-21(18)27)31-15-17-6-4-3-5-7-17/h3-12,16H,2,13-15H2,1H3,(H,25,26,28). The molecule has 0 aliphatic carbocycles. The van der Waals surface area contributed by atoms with Crippen molar-refractivity contribution in [2.75, 3.05) is 11.9 Å². The maximum atomic E-state index is 12.5. The third-order valence-corrected chi connectivity index (χ3v) is 5.54. The van der Waals surface area contributed by atoms with Crippen LogP contribution in [0, 0.1) is 0 Å². The molecular weight excluding hydrogens is 426 g/mol. The van der Waals surface area contributed by atoms with E-state index < -0.39 is 0 Å². The number of aromatic nitrogens is 2. The van der Waals surface area contributed by atoms with E-state index in [0.29, 0.717) is 24.0 Å². The number of amides is 1. The second kappa shape index (κ2) is 10.1. The number of ether oxygens (including phenoxy) is 2. The molecule has 164 valence electrons. The zero-order valence-corrected chi connectivity index (χ0v) is 18.4. The first-order valence-corrected chi connectivity index (χ1v) is 11.1. The number of nitrogens with zero attached hydrogens (tertiary/aromatic N) is 2. The number of fused-ring (bicyclic) bond motifs is 1. The van der Waals surface area contributed by atoms with E-state index in [4.69, 9.17) is 9.47 Å². The molecule has 0 saturated carbocycles. The Kier molecular flexibility index (Phi) is 6.81. The number of nitrogens with one attached hydrogen (secondary N) is 1. The van der Waals surface area contributed by atoms with Gasteiger partial charge in [0, 0.05) is 22.5 Å². The van der Waals surface area contributed by atoms with E-state index in [1.54, 1.807) is 12.3 Å². The van der Waals surface area contributed by atoms with Crippen LogP contribution in [0.5, 0.6) is 5.75 Å². The number of anilines is 1. The zero-order chi connectivity index (χ0) is 22.3. The van der Waals surface area contributed by atoms with Crippen LogP contribution in [0.2, 0.25) is 0 Å². The summed E-state index contributed by atoms with van der Waals surface area (Å²) >= 11 is 1.28. The molecule has 0 radical (unpaired) electrons. The van der Waals surface area contributed by atoms with Gasteiger partial charge in [-0.25, -0.2) is 4.98 Å². The lowest BCUT2D eigenvalue weighted by Gasteiger charge is -2.08. The van der Waals surface area contributed by atoms with Crippen LogP contribution in [0.15, 0.2) is 66.2 Å². The first kappa shape index (κ1) is 21.6. The van der Waals surface area contributed by atoms with E-state index in [-0.39, 0.29) is 24.8 Å². The highest BCUT2D eigenvalue weighted by molar-refractivity contribution is 7.13. The summed E-state index contributed by atoms with van der Waals surface area (Å²) in [5, 5.41) is 5.99. The number of hydrogen-bond acceptors (Lipinski definition) is 6. The van der Waals surface area contributed by atoms with Crippen molar-refractivity contribution in [3.8, 4) is 5.75 Å². The number of hydrogen-bond donors (Lipinski definition) is 1. The molecule has 7 nitrogen and oxygen atoms in total. The van der Waals surface area contributed by atoms with Crippen molar-refractivity contribution in [2.24, 2.45) is 0 Å². The van der Waals surface area contributed by atoms with Crippen LogP contribution in [0.4, 0.5) is 5.13 Å². The quantitative estimate of drug-likeness (QED) is 0.383. The lowest BCUT2D eigenvalue weighted by atomic mass is 10.2. The normalized spacial score (nSPS) is 10.8. The summed E-state index contributed by atoms with van der Waals surface area (Å²) in [5.41, 5.74) is 2.63. The van der Waals surface area contributed by atoms with E-state index in [0.717, 1.165) is 22.2 Å². The second-order valence-electron chi connectivity index (χ2n) is 7.11. The second-order valence-corrected chi connectivity index (χ2v) is 7.97. The molecule has 32 heavy (non-hydrogen) atoms. The number of esters is 1. The van der Waals surface area contributed by atoms with Gasteiger partial charge < -0.3 is 19.4 Å². The lowest BCUT2D eigenvalue weighted by Crippen LogP contribution is -2.18. The highest BCUT2D eigenvalue weighted by Gasteiger charge is 2.12. The third-order valence-electron chi connectivity index (χ3n) is 4.73. The Labute approximate surface area is 189 Å². The fourth-order valence-electron chi connectivity index (χ4n) is 3.27. The Morgan fingerprint density at radius 2 is 1.97 bits per heavy atom. The van der Waals surface area contributed by atoms with Crippen molar-refractivity contribution >= 4 is 39.2 Å². The Morgan fingerprint density at radius 1 is 1.12 bits per heavy atom. The largest absolute Gasteiger partial charge is 0.489 e. The van der Waals surface area contributed by atoms with E-state index in [9.17, 15) is 9.59 Å². The minimum Gasteiger partial charge on any atom is -0.489 e. The summed E-state index contributed by atoms with van der Waals surface area (Å²) in [7, 11) is 0. The van der Waals surface area contributed by atoms with Crippen LogP contribution in [0.25, 0.3) is 10.9 Å². The van der Waals surface area contributed by atoms with E-state index in [1.165, 1.54) is 11.3 Å². The zero-order valence-electron chi connectivity index (χ0n) is 17.6. The van der Waals surface area contributed by atoms with Gasteiger partial charge in [0.2, 0.25) is 5.91 Å². The number of thiazole rings is 1. The molecule has 0 atom stereocenters. The van der Waals surface area contributed by atoms with Crippen molar-refractivity contribution in [3.63, 3.8) is 0 Å². The van der Waals surface area contributed by atoms with Gasteiger partial charge in [-0.2, -0.15) is 0 Å². The Morgan fingerprint density at radius 3 is 2.78 bits per heavy atom. The minimum absolute atomic E-state index is 0.0944. The predicted molar refractivity (Wildman–Crippen MR) is 124 cm³/mol. The van der Waals surface area contributed by atoms with Crippen molar-refractivity contribution in [2.45, 2.75) is 26.5 Å². The van der Waals surface area contributed by atoms with Crippen molar-refractivity contribution in [3.05, 3.63) is 77.4 Å². The van der Waals surface area contributed by atoms with Gasteiger partial charge in [0.05, 0.1) is 18.7 Å².